The third-order valence-electron chi connectivity index (χ3n) is 6.03. The van der Waals surface area contributed by atoms with E-state index < -0.39 is 17.8 Å². The van der Waals surface area contributed by atoms with Gasteiger partial charge in [-0.25, -0.2) is 0 Å². The van der Waals surface area contributed by atoms with Gasteiger partial charge in [0.1, 0.15) is 0 Å². The number of rotatable bonds is 6. The summed E-state index contributed by atoms with van der Waals surface area (Å²) in [7, 11) is 0. The normalized spacial score (nSPS) is 18.6. The first-order valence-electron chi connectivity index (χ1n) is 11.3. The molecule has 0 aromatic heterocycles. The molecule has 34 heavy (non-hydrogen) atoms. The SMILES string of the molecule is CC1Oc2c(cccc2C(=O)NCCCN2CCN(c3cccc(C(F)(F)F)c3)CC2)NC1=O. The van der Waals surface area contributed by atoms with E-state index in [1.807, 2.05) is 4.90 Å². The van der Waals surface area contributed by atoms with Gasteiger partial charge in [-0.05, 0) is 50.2 Å². The Bertz CT molecular complexity index is 1050. The summed E-state index contributed by atoms with van der Waals surface area (Å²) in [6, 6.07) is 10.5. The van der Waals surface area contributed by atoms with E-state index in [-0.39, 0.29) is 11.8 Å². The summed E-state index contributed by atoms with van der Waals surface area (Å²) in [6.07, 6.45) is -4.28. The minimum atomic E-state index is -4.35. The first-order chi connectivity index (χ1) is 16.2. The van der Waals surface area contributed by atoms with Gasteiger partial charge in [-0.1, -0.05) is 12.1 Å². The number of amides is 2. The predicted octanol–water partition coefficient (Wildman–Crippen LogP) is 3.37. The van der Waals surface area contributed by atoms with Crippen LogP contribution in [0.4, 0.5) is 24.5 Å². The molecule has 4 rings (SSSR count). The molecular formula is C24H27F3N4O3. The first-order valence-corrected chi connectivity index (χ1v) is 11.3. The van der Waals surface area contributed by atoms with Gasteiger partial charge in [0.2, 0.25) is 0 Å². The molecule has 0 spiro atoms. The average Bonchev–Trinajstić information content (AvgIpc) is 2.82. The molecule has 1 saturated heterocycles. The summed E-state index contributed by atoms with van der Waals surface area (Å²) < 4.78 is 44.5. The molecule has 182 valence electrons. The Labute approximate surface area is 195 Å². The Morgan fingerprint density at radius 2 is 1.88 bits per heavy atom. The van der Waals surface area contributed by atoms with Gasteiger partial charge in [-0.3, -0.25) is 14.5 Å². The number of carbonyl (C=O) groups excluding carboxylic acids is 2. The second-order valence-corrected chi connectivity index (χ2v) is 8.42. The molecule has 1 fully saturated rings. The lowest BCUT2D eigenvalue weighted by atomic mass is 10.1. The highest BCUT2D eigenvalue weighted by Gasteiger charge is 2.31. The Morgan fingerprint density at radius 1 is 1.15 bits per heavy atom. The number of hydrogen-bond acceptors (Lipinski definition) is 5. The van der Waals surface area contributed by atoms with Gasteiger partial charge in [-0.15, -0.1) is 0 Å². The monoisotopic (exact) mass is 476 g/mol. The molecule has 1 unspecified atom stereocenters. The maximum absolute atomic E-state index is 13.0. The van der Waals surface area contributed by atoms with Crippen LogP contribution in [0.15, 0.2) is 42.5 Å². The van der Waals surface area contributed by atoms with E-state index >= 15 is 0 Å². The van der Waals surface area contributed by atoms with E-state index in [0.717, 1.165) is 32.1 Å². The zero-order chi connectivity index (χ0) is 24.3. The molecule has 2 aliphatic heterocycles. The van der Waals surface area contributed by atoms with Crippen molar-refractivity contribution in [3.05, 3.63) is 53.6 Å². The molecule has 0 saturated carbocycles. The van der Waals surface area contributed by atoms with Crippen LogP contribution in [0, 0.1) is 0 Å². The number of benzene rings is 2. The Hall–Kier alpha value is -3.27. The second kappa shape index (κ2) is 9.92. The number of anilines is 2. The van der Waals surface area contributed by atoms with Crippen LogP contribution in [0.25, 0.3) is 0 Å². The number of fused-ring (bicyclic) bond motifs is 1. The summed E-state index contributed by atoms with van der Waals surface area (Å²) in [5, 5.41) is 5.63. The molecule has 0 aliphatic carbocycles. The zero-order valence-corrected chi connectivity index (χ0v) is 18.8. The van der Waals surface area contributed by atoms with Crippen LogP contribution in [0.2, 0.25) is 0 Å². The standard InChI is InChI=1S/C24H27F3N4O3/c1-16-22(32)29-20-8-3-7-19(21(20)34-16)23(33)28-9-4-10-30-11-13-31(14-12-30)18-6-2-5-17(15-18)24(25,26)27/h2-3,5-8,15-16H,4,9-14H2,1H3,(H,28,33)(H,29,32). The van der Waals surface area contributed by atoms with Crippen LogP contribution in [-0.2, 0) is 11.0 Å². The number of ether oxygens (including phenoxy) is 1. The molecule has 2 heterocycles. The third-order valence-corrected chi connectivity index (χ3v) is 6.03. The molecule has 2 N–H and O–H groups in total. The van der Waals surface area contributed by atoms with Gasteiger partial charge in [0.15, 0.2) is 11.9 Å². The number of carbonyl (C=O) groups is 2. The molecule has 2 aromatic rings. The maximum Gasteiger partial charge on any atom is 0.416 e. The predicted molar refractivity (Wildman–Crippen MR) is 122 cm³/mol. The summed E-state index contributed by atoms with van der Waals surface area (Å²) in [5.74, 6) is -0.148. The number of nitrogens with zero attached hydrogens (tertiary/aromatic N) is 2. The van der Waals surface area contributed by atoms with Gasteiger partial charge in [0.05, 0.1) is 16.8 Å². The van der Waals surface area contributed by atoms with Crippen molar-refractivity contribution in [3.8, 4) is 5.75 Å². The van der Waals surface area contributed by atoms with Crippen molar-refractivity contribution in [2.24, 2.45) is 0 Å². The van der Waals surface area contributed by atoms with Crippen LogP contribution in [0.1, 0.15) is 29.3 Å². The lowest BCUT2D eigenvalue weighted by Gasteiger charge is -2.36. The van der Waals surface area contributed by atoms with Gasteiger partial charge in [-0.2, -0.15) is 13.2 Å². The van der Waals surface area contributed by atoms with Crippen molar-refractivity contribution in [3.63, 3.8) is 0 Å². The molecule has 2 aromatic carbocycles. The van der Waals surface area contributed by atoms with Crippen LogP contribution >= 0.6 is 0 Å². The fourth-order valence-corrected chi connectivity index (χ4v) is 4.11. The molecular weight excluding hydrogens is 449 g/mol. The summed E-state index contributed by atoms with van der Waals surface area (Å²) in [5.41, 5.74) is 0.805. The van der Waals surface area contributed by atoms with Gasteiger partial charge in [0, 0.05) is 38.4 Å². The van der Waals surface area contributed by atoms with Crippen molar-refractivity contribution >= 4 is 23.2 Å². The van der Waals surface area contributed by atoms with Crippen LogP contribution < -0.4 is 20.3 Å². The zero-order valence-electron chi connectivity index (χ0n) is 18.8. The van der Waals surface area contributed by atoms with Crippen LogP contribution in [-0.4, -0.2) is 62.1 Å². The van der Waals surface area contributed by atoms with E-state index in [0.29, 0.717) is 42.3 Å². The second-order valence-electron chi connectivity index (χ2n) is 8.42. The van der Waals surface area contributed by atoms with Crippen molar-refractivity contribution in [2.75, 3.05) is 49.5 Å². The minimum absolute atomic E-state index is 0.252. The number of nitrogens with one attached hydrogen (secondary N) is 2. The summed E-state index contributed by atoms with van der Waals surface area (Å²) >= 11 is 0. The summed E-state index contributed by atoms with van der Waals surface area (Å²) in [4.78, 5) is 28.6. The number of hydrogen-bond donors (Lipinski definition) is 2. The Balaban J connectivity index is 1.22. The highest BCUT2D eigenvalue weighted by molar-refractivity contribution is 6.03. The maximum atomic E-state index is 13.0. The van der Waals surface area contributed by atoms with Gasteiger partial charge < -0.3 is 20.3 Å². The lowest BCUT2D eigenvalue weighted by molar-refractivity contribution is -0.137. The van der Waals surface area contributed by atoms with E-state index in [2.05, 4.69) is 15.5 Å². The quantitative estimate of drug-likeness (QED) is 0.626. The van der Waals surface area contributed by atoms with Crippen molar-refractivity contribution in [1.82, 2.24) is 10.2 Å². The molecule has 1 atom stereocenters. The van der Waals surface area contributed by atoms with Gasteiger partial charge in [0.25, 0.3) is 11.8 Å². The van der Waals surface area contributed by atoms with E-state index in [1.165, 1.54) is 12.1 Å². The molecule has 0 bridgehead atoms. The molecule has 2 aliphatic rings. The van der Waals surface area contributed by atoms with Crippen LogP contribution in [0.3, 0.4) is 0 Å². The van der Waals surface area contributed by atoms with E-state index in [9.17, 15) is 22.8 Å². The number of halogens is 3. The van der Waals surface area contributed by atoms with Crippen molar-refractivity contribution < 1.29 is 27.5 Å². The smallest absolute Gasteiger partial charge is 0.416 e. The first kappa shape index (κ1) is 23.9. The number of alkyl halides is 3. The average molecular weight is 476 g/mol. The van der Waals surface area contributed by atoms with E-state index in [4.69, 9.17) is 4.74 Å². The molecule has 2 amide bonds. The Morgan fingerprint density at radius 3 is 2.62 bits per heavy atom. The largest absolute Gasteiger partial charge is 0.478 e. The lowest BCUT2D eigenvalue weighted by Crippen LogP contribution is -2.47. The fourth-order valence-electron chi connectivity index (χ4n) is 4.11. The molecule has 0 radical (unpaired) electrons. The number of piperazine rings is 1. The number of para-hydroxylation sites is 1. The minimum Gasteiger partial charge on any atom is -0.478 e. The van der Waals surface area contributed by atoms with Crippen molar-refractivity contribution in [2.45, 2.75) is 25.6 Å². The van der Waals surface area contributed by atoms with Crippen molar-refractivity contribution in [1.29, 1.82) is 0 Å². The third kappa shape index (κ3) is 5.44. The molecule has 7 nitrogen and oxygen atoms in total. The summed E-state index contributed by atoms with van der Waals surface area (Å²) in [6.45, 7) is 5.63. The molecule has 10 heteroatoms. The highest BCUT2D eigenvalue weighted by atomic mass is 19.4. The highest BCUT2D eigenvalue weighted by Crippen LogP contribution is 2.33. The van der Waals surface area contributed by atoms with Gasteiger partial charge >= 0.3 is 6.18 Å². The van der Waals surface area contributed by atoms with E-state index in [1.54, 1.807) is 31.2 Å². The van der Waals surface area contributed by atoms with Crippen LogP contribution in [0.5, 0.6) is 5.75 Å². The topological polar surface area (TPSA) is 73.9 Å². The fraction of sp³-hybridized carbons (Fsp3) is 0.417. The Kier molecular flexibility index (Phi) is 6.97.